The molecule has 9 heteroatoms. The van der Waals surface area contributed by atoms with Gasteiger partial charge < -0.3 is 15.8 Å². The molecule has 0 aliphatic heterocycles. The minimum absolute atomic E-state index is 0.0235. The van der Waals surface area contributed by atoms with E-state index in [4.69, 9.17) is 10.5 Å². The van der Waals surface area contributed by atoms with Crippen molar-refractivity contribution in [1.29, 1.82) is 0 Å². The molecule has 1 heterocycles. The van der Waals surface area contributed by atoms with E-state index < -0.39 is 11.7 Å². The molecule has 148 valence electrons. The summed E-state index contributed by atoms with van der Waals surface area (Å²) in [6.07, 6.45) is -2.94. The maximum absolute atomic E-state index is 12.7. The summed E-state index contributed by atoms with van der Waals surface area (Å²) in [6, 6.07) is 10.6. The fraction of sp³-hybridized carbons (Fsp3) is 0.263. The van der Waals surface area contributed by atoms with Gasteiger partial charge in [-0.15, -0.1) is 0 Å². The number of nitrogens with zero attached hydrogens (tertiary/aromatic N) is 3. The molecule has 6 nitrogen and oxygen atoms in total. The molecule has 2 aromatic carbocycles. The molecule has 1 aromatic heterocycles. The van der Waals surface area contributed by atoms with Crippen LogP contribution in [-0.4, -0.2) is 14.8 Å². The Morgan fingerprint density at radius 1 is 1.14 bits per heavy atom. The average Bonchev–Trinajstić information content (AvgIpc) is 3.10. The number of nitrogen functional groups attached to an aromatic ring is 1. The molecule has 3 N–H and O–H groups in total. The van der Waals surface area contributed by atoms with Gasteiger partial charge in [0, 0.05) is 12.2 Å². The number of aryl methyl sites for hydroxylation is 1. The predicted molar refractivity (Wildman–Crippen MR) is 99.8 cm³/mol. The molecule has 0 bridgehead atoms. The van der Waals surface area contributed by atoms with Crippen LogP contribution in [0.25, 0.3) is 0 Å². The van der Waals surface area contributed by atoms with Crippen LogP contribution in [0.3, 0.4) is 0 Å². The zero-order valence-electron chi connectivity index (χ0n) is 15.2. The zero-order valence-corrected chi connectivity index (χ0v) is 15.2. The van der Waals surface area contributed by atoms with Crippen LogP contribution in [-0.2, 0) is 30.7 Å². The van der Waals surface area contributed by atoms with Crippen LogP contribution < -0.4 is 11.1 Å². The predicted octanol–water partition coefficient (Wildman–Crippen LogP) is 4.36. The lowest BCUT2D eigenvalue weighted by atomic mass is 10.1. The average molecular weight is 391 g/mol. The molecule has 0 spiro atoms. The van der Waals surface area contributed by atoms with Crippen molar-refractivity contribution in [3.63, 3.8) is 0 Å². The van der Waals surface area contributed by atoms with Crippen LogP contribution in [0.5, 0.6) is 0 Å². The minimum atomic E-state index is -4.42. The summed E-state index contributed by atoms with van der Waals surface area (Å²) >= 11 is 0. The van der Waals surface area contributed by atoms with Crippen LogP contribution in [0.4, 0.5) is 30.2 Å². The summed E-state index contributed by atoms with van der Waals surface area (Å²) in [4.78, 5) is 4.15. The maximum Gasteiger partial charge on any atom is 0.416 e. The third kappa shape index (κ3) is 4.80. The lowest BCUT2D eigenvalue weighted by Crippen LogP contribution is -2.07. The van der Waals surface area contributed by atoms with E-state index in [9.17, 15) is 13.2 Å². The molecule has 0 aliphatic carbocycles. The fourth-order valence-electron chi connectivity index (χ4n) is 2.67. The van der Waals surface area contributed by atoms with Gasteiger partial charge in [-0.1, -0.05) is 12.1 Å². The monoisotopic (exact) mass is 391 g/mol. The second-order valence-corrected chi connectivity index (χ2v) is 6.11. The summed E-state index contributed by atoms with van der Waals surface area (Å²) in [6.45, 7) is 3.37. The Kier molecular flexibility index (Phi) is 5.84. The molecule has 3 aromatic rings. The highest BCUT2D eigenvalue weighted by atomic mass is 19.4. The van der Waals surface area contributed by atoms with Crippen molar-refractivity contribution in [2.45, 2.75) is 32.9 Å². The number of aromatic nitrogens is 3. The van der Waals surface area contributed by atoms with Crippen molar-refractivity contribution in [2.75, 3.05) is 11.1 Å². The highest BCUT2D eigenvalue weighted by Gasteiger charge is 2.30. The van der Waals surface area contributed by atoms with Gasteiger partial charge in [-0.2, -0.15) is 18.3 Å². The molecular weight excluding hydrogens is 371 g/mol. The Bertz CT molecular complexity index is 939. The number of hydrogen-bond acceptors (Lipinski definition) is 5. The van der Waals surface area contributed by atoms with Crippen molar-refractivity contribution in [3.05, 3.63) is 65.7 Å². The third-order valence-corrected chi connectivity index (χ3v) is 4.08. The van der Waals surface area contributed by atoms with Crippen molar-refractivity contribution in [1.82, 2.24) is 14.8 Å². The van der Waals surface area contributed by atoms with Crippen molar-refractivity contribution in [2.24, 2.45) is 0 Å². The number of nitrogens with one attached hydrogen (secondary N) is 1. The lowest BCUT2D eigenvalue weighted by molar-refractivity contribution is -0.137. The number of benzene rings is 2. The van der Waals surface area contributed by atoms with Gasteiger partial charge in [0.25, 0.3) is 0 Å². The van der Waals surface area contributed by atoms with Gasteiger partial charge in [-0.05, 0) is 42.8 Å². The molecule has 0 amide bonds. The normalized spacial score (nSPS) is 11.6. The molecule has 0 saturated heterocycles. The third-order valence-electron chi connectivity index (χ3n) is 4.08. The van der Waals surface area contributed by atoms with E-state index >= 15 is 0 Å². The largest absolute Gasteiger partial charge is 0.416 e. The Labute approximate surface area is 160 Å². The highest BCUT2D eigenvalue weighted by molar-refractivity contribution is 5.73. The summed E-state index contributed by atoms with van der Waals surface area (Å²) in [7, 11) is 0. The smallest absolute Gasteiger partial charge is 0.397 e. The van der Waals surface area contributed by atoms with Gasteiger partial charge in [0.05, 0.1) is 23.5 Å². The van der Waals surface area contributed by atoms with Crippen LogP contribution in [0.1, 0.15) is 23.9 Å². The lowest BCUT2D eigenvalue weighted by Gasteiger charge is -2.13. The number of rotatable bonds is 7. The fourth-order valence-corrected chi connectivity index (χ4v) is 2.67. The first kappa shape index (κ1) is 19.7. The molecular formula is C19H20F3N5O. The van der Waals surface area contributed by atoms with E-state index in [0.29, 0.717) is 31.1 Å². The van der Waals surface area contributed by atoms with Gasteiger partial charge >= 0.3 is 6.18 Å². The van der Waals surface area contributed by atoms with Gasteiger partial charge in [-0.25, -0.2) is 9.67 Å². The molecule has 28 heavy (non-hydrogen) atoms. The van der Waals surface area contributed by atoms with E-state index in [1.54, 1.807) is 10.7 Å². The Morgan fingerprint density at radius 3 is 2.68 bits per heavy atom. The summed E-state index contributed by atoms with van der Waals surface area (Å²) in [5, 5.41) is 7.12. The molecule has 0 fully saturated rings. The van der Waals surface area contributed by atoms with E-state index in [0.717, 1.165) is 23.5 Å². The zero-order chi connectivity index (χ0) is 20.1. The maximum atomic E-state index is 12.7. The van der Waals surface area contributed by atoms with E-state index in [-0.39, 0.29) is 5.69 Å². The SMILES string of the molecule is CCn1ncnc1COCc1cccc(Nc2ccc(C(F)(F)F)cc2N)c1. The van der Waals surface area contributed by atoms with Gasteiger partial charge in [-0.3, -0.25) is 0 Å². The van der Waals surface area contributed by atoms with Crippen LogP contribution in [0, 0.1) is 0 Å². The van der Waals surface area contributed by atoms with Crippen LogP contribution in [0.15, 0.2) is 48.8 Å². The topological polar surface area (TPSA) is 78.0 Å². The second kappa shape index (κ2) is 8.30. The van der Waals surface area contributed by atoms with Crippen LogP contribution in [0.2, 0.25) is 0 Å². The van der Waals surface area contributed by atoms with Crippen molar-refractivity contribution >= 4 is 17.1 Å². The molecule has 0 saturated carbocycles. The minimum Gasteiger partial charge on any atom is -0.397 e. The van der Waals surface area contributed by atoms with Gasteiger partial charge in [0.2, 0.25) is 0 Å². The first-order valence-electron chi connectivity index (χ1n) is 8.64. The van der Waals surface area contributed by atoms with Crippen LogP contribution >= 0.6 is 0 Å². The molecule has 3 rings (SSSR count). The quantitative estimate of drug-likeness (QED) is 0.585. The molecule has 0 atom stereocenters. The number of nitrogens with two attached hydrogens (primary N) is 1. The summed E-state index contributed by atoms with van der Waals surface area (Å²) < 4.78 is 45.7. The van der Waals surface area contributed by atoms with E-state index in [2.05, 4.69) is 15.4 Å². The molecule has 0 unspecified atom stereocenters. The standard InChI is InChI=1S/C19H20F3N5O/c1-2-27-18(24-12-25-27)11-28-10-13-4-3-5-15(8-13)26-17-7-6-14(9-16(17)23)19(20,21)22/h3-9,12,26H,2,10-11,23H2,1H3. The van der Waals surface area contributed by atoms with Gasteiger partial charge in [0.15, 0.2) is 5.82 Å². The first-order chi connectivity index (χ1) is 13.4. The Hall–Kier alpha value is -3.07. The van der Waals surface area contributed by atoms with Crippen molar-refractivity contribution < 1.29 is 17.9 Å². The van der Waals surface area contributed by atoms with Crippen molar-refractivity contribution in [3.8, 4) is 0 Å². The summed E-state index contributed by atoms with van der Waals surface area (Å²) in [5.74, 6) is 0.745. The highest BCUT2D eigenvalue weighted by Crippen LogP contribution is 2.33. The number of anilines is 3. The number of hydrogen-bond donors (Lipinski definition) is 2. The van der Waals surface area contributed by atoms with E-state index in [1.807, 2.05) is 25.1 Å². The Balaban J connectivity index is 1.63. The number of alkyl halides is 3. The number of halogens is 3. The van der Waals surface area contributed by atoms with E-state index in [1.165, 1.54) is 12.4 Å². The number of ether oxygens (including phenoxy) is 1. The second-order valence-electron chi connectivity index (χ2n) is 6.11. The summed E-state index contributed by atoms with van der Waals surface area (Å²) in [5.41, 5.74) is 7.01. The molecule has 0 radical (unpaired) electrons. The molecule has 0 aliphatic rings. The Morgan fingerprint density at radius 2 is 1.96 bits per heavy atom. The van der Waals surface area contributed by atoms with Gasteiger partial charge in [0.1, 0.15) is 12.9 Å². The first-order valence-corrected chi connectivity index (χ1v) is 8.64.